The molecule has 0 fully saturated rings. The van der Waals surface area contributed by atoms with Crippen molar-refractivity contribution in [3.8, 4) is 0 Å². The van der Waals surface area contributed by atoms with Crippen LogP contribution in [0.25, 0.3) is 0 Å². The number of aryl methyl sites for hydroxylation is 1. The highest BCUT2D eigenvalue weighted by molar-refractivity contribution is 5.92. The minimum atomic E-state index is -0.233. The summed E-state index contributed by atoms with van der Waals surface area (Å²) < 4.78 is 4.69. The summed E-state index contributed by atoms with van der Waals surface area (Å²) in [4.78, 5) is 21.6. The zero-order chi connectivity index (χ0) is 12.0. The van der Waals surface area contributed by atoms with Gasteiger partial charge >= 0.3 is 0 Å². The van der Waals surface area contributed by atoms with Crippen molar-refractivity contribution in [3.05, 3.63) is 23.8 Å². The van der Waals surface area contributed by atoms with Crippen LogP contribution in [0.1, 0.15) is 5.56 Å². The molecule has 0 aliphatic rings. The van der Waals surface area contributed by atoms with Crippen LogP contribution in [0.2, 0.25) is 0 Å². The molecule has 16 heavy (non-hydrogen) atoms. The highest BCUT2D eigenvalue weighted by Gasteiger charge is 2.03. The fraction of sp³-hybridized carbons (Fsp3) is 0.273. The van der Waals surface area contributed by atoms with Crippen molar-refractivity contribution in [2.75, 3.05) is 24.4 Å². The maximum atomic E-state index is 11.2. The molecule has 0 unspecified atom stereocenters. The zero-order valence-electron chi connectivity index (χ0n) is 9.24. The fourth-order valence-electron chi connectivity index (χ4n) is 1.25. The number of carbonyl (C=O) groups excluding carboxylic acids is 2. The molecule has 2 N–H and O–H groups in total. The lowest BCUT2D eigenvalue weighted by molar-refractivity contribution is -0.119. The molecule has 0 spiro atoms. The number of methoxy groups -OCH3 is 1. The predicted molar refractivity (Wildman–Crippen MR) is 61.4 cm³/mol. The van der Waals surface area contributed by atoms with Gasteiger partial charge < -0.3 is 15.4 Å². The molecule has 0 saturated carbocycles. The van der Waals surface area contributed by atoms with Crippen LogP contribution in [0.15, 0.2) is 18.2 Å². The quantitative estimate of drug-likeness (QED) is 0.734. The standard InChI is InChI=1S/C11H14N2O3/c1-8-3-4-9(5-10(8)12-7-14)13-11(15)6-16-2/h3-5,7H,6H2,1-2H3,(H,12,14)(H,13,15). The van der Waals surface area contributed by atoms with Gasteiger partial charge in [0.1, 0.15) is 6.61 Å². The summed E-state index contributed by atoms with van der Waals surface area (Å²) in [6.45, 7) is 1.87. The van der Waals surface area contributed by atoms with E-state index in [1.54, 1.807) is 12.1 Å². The first-order valence-corrected chi connectivity index (χ1v) is 4.77. The molecule has 0 saturated heterocycles. The molecule has 86 valence electrons. The van der Waals surface area contributed by atoms with E-state index in [1.807, 2.05) is 13.0 Å². The molecule has 5 heteroatoms. The second kappa shape index (κ2) is 5.87. The Morgan fingerprint density at radius 2 is 2.25 bits per heavy atom. The van der Waals surface area contributed by atoms with E-state index in [0.29, 0.717) is 17.8 Å². The number of anilines is 2. The lowest BCUT2D eigenvalue weighted by Crippen LogP contribution is -2.17. The van der Waals surface area contributed by atoms with Crippen LogP contribution in [-0.2, 0) is 14.3 Å². The van der Waals surface area contributed by atoms with Gasteiger partial charge in [0.25, 0.3) is 0 Å². The van der Waals surface area contributed by atoms with Crippen LogP contribution in [0.5, 0.6) is 0 Å². The van der Waals surface area contributed by atoms with E-state index < -0.39 is 0 Å². The molecule has 2 amide bonds. The summed E-state index contributed by atoms with van der Waals surface area (Å²) in [5.74, 6) is -0.233. The third-order valence-electron chi connectivity index (χ3n) is 2.01. The molecule has 0 bridgehead atoms. The predicted octanol–water partition coefficient (Wildman–Crippen LogP) is 1.15. The summed E-state index contributed by atoms with van der Waals surface area (Å²) >= 11 is 0. The topological polar surface area (TPSA) is 67.4 Å². The van der Waals surface area contributed by atoms with Gasteiger partial charge in [-0.05, 0) is 24.6 Å². The second-order valence-corrected chi connectivity index (χ2v) is 3.27. The lowest BCUT2D eigenvalue weighted by Gasteiger charge is -2.08. The zero-order valence-corrected chi connectivity index (χ0v) is 9.24. The fourth-order valence-corrected chi connectivity index (χ4v) is 1.25. The van der Waals surface area contributed by atoms with Gasteiger partial charge in [0.05, 0.1) is 0 Å². The SMILES string of the molecule is COCC(=O)Nc1ccc(C)c(NC=O)c1. The number of amides is 2. The average molecular weight is 222 g/mol. The Labute approximate surface area is 93.8 Å². The molecule has 1 rings (SSSR count). The number of hydrogen-bond donors (Lipinski definition) is 2. The largest absolute Gasteiger partial charge is 0.375 e. The maximum absolute atomic E-state index is 11.2. The summed E-state index contributed by atoms with van der Waals surface area (Å²) in [7, 11) is 1.45. The Bertz CT molecular complexity index is 391. The highest BCUT2D eigenvalue weighted by Crippen LogP contribution is 2.19. The Morgan fingerprint density at radius 1 is 1.50 bits per heavy atom. The molecule has 5 nitrogen and oxygen atoms in total. The first-order valence-electron chi connectivity index (χ1n) is 4.77. The van der Waals surface area contributed by atoms with E-state index in [-0.39, 0.29) is 12.5 Å². The van der Waals surface area contributed by atoms with Gasteiger partial charge in [0.15, 0.2) is 0 Å². The van der Waals surface area contributed by atoms with Crippen LogP contribution in [0.3, 0.4) is 0 Å². The van der Waals surface area contributed by atoms with Crippen molar-refractivity contribution >= 4 is 23.7 Å². The minimum Gasteiger partial charge on any atom is -0.375 e. The molecular formula is C11H14N2O3. The molecule has 0 radical (unpaired) electrons. The Kier molecular flexibility index (Phi) is 4.47. The first kappa shape index (κ1) is 12.2. The van der Waals surface area contributed by atoms with Gasteiger partial charge in [-0.15, -0.1) is 0 Å². The smallest absolute Gasteiger partial charge is 0.250 e. The number of nitrogens with one attached hydrogen (secondary N) is 2. The van der Waals surface area contributed by atoms with E-state index in [4.69, 9.17) is 4.74 Å². The minimum absolute atomic E-state index is 0.00428. The van der Waals surface area contributed by atoms with Crippen LogP contribution >= 0.6 is 0 Å². The summed E-state index contributed by atoms with van der Waals surface area (Å²) in [6.07, 6.45) is 0.600. The molecule has 0 aliphatic carbocycles. The third kappa shape index (κ3) is 3.36. The molecule has 0 aliphatic heterocycles. The van der Waals surface area contributed by atoms with Crippen molar-refractivity contribution in [2.45, 2.75) is 6.92 Å². The molecule has 0 aromatic heterocycles. The molecule has 0 atom stereocenters. The molecular weight excluding hydrogens is 208 g/mol. The van der Waals surface area contributed by atoms with Gasteiger partial charge in [-0.2, -0.15) is 0 Å². The van der Waals surface area contributed by atoms with Crippen molar-refractivity contribution in [2.24, 2.45) is 0 Å². The van der Waals surface area contributed by atoms with Gasteiger partial charge in [-0.1, -0.05) is 6.07 Å². The Balaban J connectivity index is 2.77. The van der Waals surface area contributed by atoms with Crippen LogP contribution in [0, 0.1) is 6.92 Å². The van der Waals surface area contributed by atoms with Crippen molar-refractivity contribution in [1.29, 1.82) is 0 Å². The van der Waals surface area contributed by atoms with Crippen molar-refractivity contribution < 1.29 is 14.3 Å². The molecule has 1 aromatic rings. The van der Waals surface area contributed by atoms with Crippen LogP contribution in [-0.4, -0.2) is 26.0 Å². The number of rotatable bonds is 5. The number of hydrogen-bond acceptors (Lipinski definition) is 3. The van der Waals surface area contributed by atoms with Crippen molar-refractivity contribution in [1.82, 2.24) is 0 Å². The first-order chi connectivity index (χ1) is 7.67. The summed E-state index contributed by atoms with van der Waals surface area (Å²) in [5, 5.41) is 5.21. The summed E-state index contributed by atoms with van der Waals surface area (Å²) in [6, 6.07) is 5.27. The number of ether oxygens (including phenoxy) is 1. The Hall–Kier alpha value is -1.88. The number of benzene rings is 1. The van der Waals surface area contributed by atoms with Gasteiger partial charge in [0, 0.05) is 18.5 Å². The monoisotopic (exact) mass is 222 g/mol. The lowest BCUT2D eigenvalue weighted by atomic mass is 10.2. The second-order valence-electron chi connectivity index (χ2n) is 3.27. The summed E-state index contributed by atoms with van der Waals surface area (Å²) in [5.41, 5.74) is 2.22. The normalized spacial score (nSPS) is 9.62. The van der Waals surface area contributed by atoms with Gasteiger partial charge in [-0.25, -0.2) is 0 Å². The van der Waals surface area contributed by atoms with Crippen LogP contribution < -0.4 is 10.6 Å². The van der Waals surface area contributed by atoms with E-state index in [1.165, 1.54) is 7.11 Å². The van der Waals surface area contributed by atoms with E-state index in [0.717, 1.165) is 5.56 Å². The molecule has 0 heterocycles. The van der Waals surface area contributed by atoms with Crippen molar-refractivity contribution in [3.63, 3.8) is 0 Å². The van der Waals surface area contributed by atoms with Crippen LogP contribution in [0.4, 0.5) is 11.4 Å². The van der Waals surface area contributed by atoms with E-state index >= 15 is 0 Å². The number of carbonyl (C=O) groups is 2. The average Bonchev–Trinajstić information content (AvgIpc) is 2.24. The Morgan fingerprint density at radius 3 is 2.88 bits per heavy atom. The maximum Gasteiger partial charge on any atom is 0.250 e. The van der Waals surface area contributed by atoms with Gasteiger partial charge in [-0.3, -0.25) is 9.59 Å². The van der Waals surface area contributed by atoms with E-state index in [2.05, 4.69) is 10.6 Å². The van der Waals surface area contributed by atoms with E-state index in [9.17, 15) is 9.59 Å². The van der Waals surface area contributed by atoms with Gasteiger partial charge in [0.2, 0.25) is 12.3 Å². The molecule has 1 aromatic carbocycles. The third-order valence-corrected chi connectivity index (χ3v) is 2.01. The highest BCUT2D eigenvalue weighted by atomic mass is 16.5.